The molecule has 0 radical (unpaired) electrons. The Morgan fingerprint density at radius 2 is 2.31 bits per heavy atom. The summed E-state index contributed by atoms with van der Waals surface area (Å²) in [6.07, 6.45) is 2.61. The van der Waals surface area contributed by atoms with E-state index < -0.39 is 0 Å². The normalized spacial score (nSPS) is 15.5. The van der Waals surface area contributed by atoms with Crippen LogP contribution in [0.2, 0.25) is 0 Å². The molecule has 1 saturated carbocycles. The minimum Gasteiger partial charge on any atom is -0.494 e. The minimum absolute atomic E-state index is 0.705. The van der Waals surface area contributed by atoms with Crippen LogP contribution in [0.3, 0.4) is 0 Å². The predicted molar refractivity (Wildman–Crippen MR) is 54.3 cm³/mol. The summed E-state index contributed by atoms with van der Waals surface area (Å²) in [5, 5.41) is 3.43. The number of ether oxygens (including phenoxy) is 1. The van der Waals surface area contributed by atoms with Crippen molar-refractivity contribution in [3.05, 3.63) is 24.3 Å². The lowest BCUT2D eigenvalue weighted by atomic mass is 10.3. The maximum absolute atomic E-state index is 5.41. The molecule has 0 saturated heterocycles. The van der Waals surface area contributed by atoms with E-state index in [2.05, 4.69) is 17.4 Å². The van der Waals surface area contributed by atoms with Crippen LogP contribution in [0.1, 0.15) is 19.8 Å². The number of hydrogen-bond acceptors (Lipinski definition) is 2. The number of benzene rings is 1. The van der Waals surface area contributed by atoms with Crippen molar-refractivity contribution in [2.24, 2.45) is 0 Å². The molecule has 0 aromatic heterocycles. The average molecular weight is 177 g/mol. The third-order valence-corrected chi connectivity index (χ3v) is 2.09. The van der Waals surface area contributed by atoms with Crippen molar-refractivity contribution in [2.45, 2.75) is 25.8 Å². The molecule has 0 spiro atoms. The van der Waals surface area contributed by atoms with E-state index in [9.17, 15) is 0 Å². The number of hydrogen-bond donors (Lipinski definition) is 1. The zero-order valence-corrected chi connectivity index (χ0v) is 7.92. The van der Waals surface area contributed by atoms with Gasteiger partial charge in [-0.25, -0.2) is 0 Å². The Morgan fingerprint density at radius 3 is 3.00 bits per heavy atom. The van der Waals surface area contributed by atoms with E-state index in [1.54, 1.807) is 0 Å². The molecule has 1 aromatic rings. The van der Waals surface area contributed by atoms with Crippen LogP contribution in [0.4, 0.5) is 5.69 Å². The third kappa shape index (κ3) is 2.38. The van der Waals surface area contributed by atoms with Crippen LogP contribution in [-0.4, -0.2) is 12.6 Å². The molecule has 1 aliphatic carbocycles. The van der Waals surface area contributed by atoms with Gasteiger partial charge >= 0.3 is 0 Å². The molecule has 1 aromatic carbocycles. The van der Waals surface area contributed by atoms with E-state index in [-0.39, 0.29) is 0 Å². The molecule has 0 unspecified atom stereocenters. The maximum atomic E-state index is 5.41. The molecule has 2 heteroatoms. The zero-order valence-electron chi connectivity index (χ0n) is 7.92. The first kappa shape index (κ1) is 8.42. The highest BCUT2D eigenvalue weighted by Gasteiger charge is 2.20. The zero-order chi connectivity index (χ0) is 9.10. The van der Waals surface area contributed by atoms with Crippen molar-refractivity contribution in [2.75, 3.05) is 11.9 Å². The highest BCUT2D eigenvalue weighted by molar-refractivity contribution is 5.49. The molecule has 70 valence electrons. The van der Waals surface area contributed by atoms with Crippen molar-refractivity contribution >= 4 is 5.69 Å². The Hall–Kier alpha value is -1.18. The lowest BCUT2D eigenvalue weighted by Crippen LogP contribution is -2.00. The van der Waals surface area contributed by atoms with E-state index >= 15 is 0 Å². The molecule has 2 rings (SSSR count). The topological polar surface area (TPSA) is 21.3 Å². The van der Waals surface area contributed by atoms with Gasteiger partial charge in [0.2, 0.25) is 0 Å². The van der Waals surface area contributed by atoms with Gasteiger partial charge in [0.15, 0.2) is 0 Å². The second kappa shape index (κ2) is 3.69. The standard InChI is InChI=1S/C11H15NO/c1-2-13-11-5-3-4-10(8-11)12-9-6-7-9/h3-5,8-9,12H,2,6-7H2,1H3. The summed E-state index contributed by atoms with van der Waals surface area (Å²) < 4.78 is 5.41. The smallest absolute Gasteiger partial charge is 0.121 e. The van der Waals surface area contributed by atoms with Crippen LogP contribution >= 0.6 is 0 Å². The van der Waals surface area contributed by atoms with E-state index in [1.165, 1.54) is 18.5 Å². The van der Waals surface area contributed by atoms with Gasteiger partial charge in [-0.1, -0.05) is 6.07 Å². The molecule has 0 aliphatic heterocycles. The van der Waals surface area contributed by atoms with Gasteiger partial charge in [-0.15, -0.1) is 0 Å². The second-order valence-electron chi connectivity index (χ2n) is 3.38. The van der Waals surface area contributed by atoms with Crippen LogP contribution in [0.25, 0.3) is 0 Å². The van der Waals surface area contributed by atoms with Gasteiger partial charge in [0.1, 0.15) is 5.75 Å². The molecule has 1 N–H and O–H groups in total. The number of anilines is 1. The fourth-order valence-corrected chi connectivity index (χ4v) is 1.31. The molecular weight excluding hydrogens is 162 g/mol. The Kier molecular flexibility index (Phi) is 2.39. The Bertz CT molecular complexity index is 281. The van der Waals surface area contributed by atoms with Gasteiger partial charge < -0.3 is 10.1 Å². The van der Waals surface area contributed by atoms with Crippen LogP contribution in [0.5, 0.6) is 5.75 Å². The lowest BCUT2D eigenvalue weighted by molar-refractivity contribution is 0.340. The highest BCUT2D eigenvalue weighted by atomic mass is 16.5. The first-order valence-corrected chi connectivity index (χ1v) is 4.88. The molecule has 0 bridgehead atoms. The Labute approximate surface area is 78.9 Å². The minimum atomic E-state index is 0.705. The summed E-state index contributed by atoms with van der Waals surface area (Å²) >= 11 is 0. The first-order chi connectivity index (χ1) is 6.38. The number of rotatable bonds is 4. The van der Waals surface area contributed by atoms with Gasteiger partial charge in [0, 0.05) is 17.8 Å². The SMILES string of the molecule is CCOc1cccc(NC2CC2)c1. The molecule has 0 heterocycles. The summed E-state index contributed by atoms with van der Waals surface area (Å²) in [5.41, 5.74) is 1.17. The molecule has 0 atom stereocenters. The summed E-state index contributed by atoms with van der Waals surface area (Å²) in [5.74, 6) is 0.952. The second-order valence-corrected chi connectivity index (χ2v) is 3.38. The largest absolute Gasteiger partial charge is 0.494 e. The van der Waals surface area contributed by atoms with Crippen molar-refractivity contribution < 1.29 is 4.74 Å². The van der Waals surface area contributed by atoms with E-state index in [0.29, 0.717) is 6.04 Å². The quantitative estimate of drug-likeness (QED) is 0.763. The fraction of sp³-hybridized carbons (Fsp3) is 0.455. The molecule has 2 nitrogen and oxygen atoms in total. The van der Waals surface area contributed by atoms with Crippen molar-refractivity contribution in [3.63, 3.8) is 0 Å². The van der Waals surface area contributed by atoms with Crippen LogP contribution in [-0.2, 0) is 0 Å². The predicted octanol–water partition coefficient (Wildman–Crippen LogP) is 2.66. The van der Waals surface area contributed by atoms with E-state index in [4.69, 9.17) is 4.74 Å². The fourth-order valence-electron chi connectivity index (χ4n) is 1.31. The van der Waals surface area contributed by atoms with Crippen LogP contribution < -0.4 is 10.1 Å². The highest BCUT2D eigenvalue weighted by Crippen LogP contribution is 2.26. The van der Waals surface area contributed by atoms with Gasteiger partial charge in [-0.3, -0.25) is 0 Å². The lowest BCUT2D eigenvalue weighted by Gasteiger charge is -2.07. The monoisotopic (exact) mass is 177 g/mol. The van der Waals surface area contributed by atoms with Crippen molar-refractivity contribution in [1.29, 1.82) is 0 Å². The summed E-state index contributed by atoms with van der Waals surface area (Å²) in [6, 6.07) is 8.86. The van der Waals surface area contributed by atoms with Crippen LogP contribution in [0, 0.1) is 0 Å². The van der Waals surface area contributed by atoms with Crippen molar-refractivity contribution in [1.82, 2.24) is 0 Å². The van der Waals surface area contributed by atoms with E-state index in [0.717, 1.165) is 12.4 Å². The first-order valence-electron chi connectivity index (χ1n) is 4.88. The van der Waals surface area contributed by atoms with Gasteiger partial charge in [0.25, 0.3) is 0 Å². The summed E-state index contributed by atoms with van der Waals surface area (Å²) in [7, 11) is 0. The summed E-state index contributed by atoms with van der Waals surface area (Å²) in [6.45, 7) is 2.73. The van der Waals surface area contributed by atoms with Crippen molar-refractivity contribution in [3.8, 4) is 5.75 Å². The maximum Gasteiger partial charge on any atom is 0.121 e. The Morgan fingerprint density at radius 1 is 1.46 bits per heavy atom. The van der Waals surface area contributed by atoms with E-state index in [1.807, 2.05) is 19.1 Å². The van der Waals surface area contributed by atoms with Crippen LogP contribution in [0.15, 0.2) is 24.3 Å². The van der Waals surface area contributed by atoms with Gasteiger partial charge in [0.05, 0.1) is 6.61 Å². The third-order valence-electron chi connectivity index (χ3n) is 2.09. The van der Waals surface area contributed by atoms with Gasteiger partial charge in [-0.2, -0.15) is 0 Å². The Balaban J connectivity index is 2.02. The molecule has 1 fully saturated rings. The molecular formula is C11H15NO. The van der Waals surface area contributed by atoms with Gasteiger partial charge in [-0.05, 0) is 31.9 Å². The summed E-state index contributed by atoms with van der Waals surface area (Å²) in [4.78, 5) is 0. The molecule has 13 heavy (non-hydrogen) atoms. The molecule has 0 amide bonds. The average Bonchev–Trinajstić information content (AvgIpc) is 2.90. The molecule has 1 aliphatic rings. The number of nitrogens with one attached hydrogen (secondary N) is 1.